The average molecular weight is 280 g/mol. The van der Waals surface area contributed by atoms with Gasteiger partial charge in [-0.2, -0.15) is 5.10 Å². The lowest BCUT2D eigenvalue weighted by atomic mass is 10.3. The number of hydrogen-bond donors (Lipinski definition) is 1. The molecule has 0 aliphatic heterocycles. The Kier molecular flexibility index (Phi) is 2.53. The molecular formula is C12H10F2N4S. The van der Waals surface area contributed by atoms with Crippen LogP contribution in [0.3, 0.4) is 0 Å². The third-order valence-electron chi connectivity index (χ3n) is 3.01. The average Bonchev–Trinajstić information content (AvgIpc) is 2.82. The third kappa shape index (κ3) is 1.61. The van der Waals surface area contributed by atoms with Crippen molar-refractivity contribution in [1.29, 1.82) is 0 Å². The van der Waals surface area contributed by atoms with Gasteiger partial charge in [-0.1, -0.05) is 6.07 Å². The number of imidazole rings is 1. The van der Waals surface area contributed by atoms with Crippen LogP contribution in [0.2, 0.25) is 0 Å². The van der Waals surface area contributed by atoms with E-state index in [1.165, 1.54) is 16.7 Å². The molecule has 98 valence electrons. The van der Waals surface area contributed by atoms with Crippen molar-refractivity contribution >= 4 is 23.4 Å². The summed E-state index contributed by atoms with van der Waals surface area (Å²) in [5.74, 6) is -1.84. The molecule has 3 rings (SSSR count). The summed E-state index contributed by atoms with van der Waals surface area (Å²) in [7, 11) is 1.73. The first kappa shape index (κ1) is 12.0. The van der Waals surface area contributed by atoms with E-state index in [1.54, 1.807) is 11.7 Å². The summed E-state index contributed by atoms with van der Waals surface area (Å²) in [6.45, 7) is 1.82. The van der Waals surface area contributed by atoms with Crippen molar-refractivity contribution in [2.45, 2.75) is 6.92 Å². The van der Waals surface area contributed by atoms with E-state index in [1.807, 2.05) is 6.92 Å². The molecule has 2 aromatic heterocycles. The number of nitrogens with zero attached hydrogens (tertiary/aromatic N) is 3. The van der Waals surface area contributed by atoms with Crippen molar-refractivity contribution in [3.63, 3.8) is 0 Å². The molecule has 19 heavy (non-hydrogen) atoms. The molecule has 0 atom stereocenters. The summed E-state index contributed by atoms with van der Waals surface area (Å²) in [6.07, 6.45) is 0. The van der Waals surface area contributed by atoms with Gasteiger partial charge in [0.2, 0.25) is 0 Å². The molecule has 2 heterocycles. The number of aromatic nitrogens is 4. The smallest absolute Gasteiger partial charge is 0.184 e. The van der Waals surface area contributed by atoms with E-state index in [9.17, 15) is 8.78 Å². The lowest BCUT2D eigenvalue weighted by molar-refractivity contribution is 0.504. The molecule has 3 aromatic rings. The molecule has 1 N–H and O–H groups in total. The van der Waals surface area contributed by atoms with Gasteiger partial charge in [-0.05, 0) is 31.3 Å². The van der Waals surface area contributed by atoms with E-state index in [2.05, 4.69) is 10.1 Å². The number of fused-ring (bicyclic) bond motifs is 1. The molecule has 0 saturated heterocycles. The molecule has 1 aromatic carbocycles. The maximum atomic E-state index is 13.9. The predicted molar refractivity (Wildman–Crippen MR) is 69.9 cm³/mol. The second-order valence-corrected chi connectivity index (χ2v) is 4.63. The molecule has 0 radical (unpaired) electrons. The summed E-state index contributed by atoms with van der Waals surface area (Å²) in [5, 5.41) is 4.23. The first-order chi connectivity index (χ1) is 9.00. The lowest BCUT2D eigenvalue weighted by Gasteiger charge is -2.06. The summed E-state index contributed by atoms with van der Waals surface area (Å²) in [5.41, 5.74) is 2.14. The summed E-state index contributed by atoms with van der Waals surface area (Å²) in [6, 6.07) is 3.99. The molecule has 4 nitrogen and oxygen atoms in total. The van der Waals surface area contributed by atoms with Gasteiger partial charge in [0.25, 0.3) is 0 Å². The molecule has 0 aliphatic carbocycles. The van der Waals surface area contributed by atoms with Crippen LogP contribution in [0.25, 0.3) is 16.9 Å². The molecule has 0 saturated carbocycles. The Bertz CT molecular complexity index is 843. The normalized spacial score (nSPS) is 11.4. The van der Waals surface area contributed by atoms with E-state index in [0.29, 0.717) is 10.4 Å². The number of hydrogen-bond acceptors (Lipinski definition) is 2. The number of aryl methyl sites for hydroxylation is 2. The molecular weight excluding hydrogens is 270 g/mol. The highest BCUT2D eigenvalue weighted by molar-refractivity contribution is 7.71. The second-order valence-electron chi connectivity index (χ2n) is 4.25. The van der Waals surface area contributed by atoms with Crippen molar-refractivity contribution < 1.29 is 8.78 Å². The van der Waals surface area contributed by atoms with Gasteiger partial charge in [0, 0.05) is 7.05 Å². The predicted octanol–water partition coefficient (Wildman–Crippen LogP) is 3.01. The Morgan fingerprint density at radius 2 is 2.05 bits per heavy atom. The monoisotopic (exact) mass is 280 g/mol. The summed E-state index contributed by atoms with van der Waals surface area (Å²) in [4.78, 5) is 2.97. The zero-order valence-electron chi connectivity index (χ0n) is 10.2. The number of benzene rings is 1. The van der Waals surface area contributed by atoms with Crippen LogP contribution >= 0.6 is 12.2 Å². The van der Waals surface area contributed by atoms with Crippen molar-refractivity contribution in [2.75, 3.05) is 0 Å². The van der Waals surface area contributed by atoms with E-state index in [4.69, 9.17) is 12.2 Å². The molecule has 7 heteroatoms. The minimum Gasteiger partial charge on any atom is -0.327 e. The number of nitrogens with one attached hydrogen (secondary N) is 1. The van der Waals surface area contributed by atoms with Gasteiger partial charge in [0.15, 0.2) is 22.1 Å². The standard InChI is InChI=1S/C12H10F2N4S/c1-6-10-11(17(2)16-6)18(12(19)15-10)8-5-3-4-7(13)9(8)14/h3-5H,1-2H3,(H,15,19). The minimum atomic E-state index is -0.932. The molecule has 0 bridgehead atoms. The minimum absolute atomic E-state index is 0.0688. The molecule has 0 spiro atoms. The van der Waals surface area contributed by atoms with Gasteiger partial charge in [-0.25, -0.2) is 13.5 Å². The number of H-pyrrole nitrogens is 1. The Hall–Kier alpha value is -2.02. The SMILES string of the molecule is Cc1nn(C)c2c1[nH]c(=S)n2-c1cccc(F)c1F. The van der Waals surface area contributed by atoms with Crippen LogP contribution in [-0.2, 0) is 7.05 Å². The molecule has 0 unspecified atom stereocenters. The summed E-state index contributed by atoms with van der Waals surface area (Å²) >= 11 is 5.19. The number of rotatable bonds is 1. The van der Waals surface area contributed by atoms with Gasteiger partial charge in [0.05, 0.1) is 11.4 Å². The third-order valence-corrected chi connectivity index (χ3v) is 3.30. The van der Waals surface area contributed by atoms with Crippen molar-refractivity contribution in [3.8, 4) is 5.69 Å². The lowest BCUT2D eigenvalue weighted by Crippen LogP contribution is -2.04. The topological polar surface area (TPSA) is 38.5 Å². The van der Waals surface area contributed by atoms with Crippen molar-refractivity contribution in [3.05, 3.63) is 40.3 Å². The van der Waals surface area contributed by atoms with E-state index < -0.39 is 11.6 Å². The Morgan fingerprint density at radius 1 is 1.32 bits per heavy atom. The fraction of sp³-hybridized carbons (Fsp3) is 0.167. The van der Waals surface area contributed by atoms with Gasteiger partial charge in [0.1, 0.15) is 5.52 Å². The molecule has 0 amide bonds. The largest absolute Gasteiger partial charge is 0.327 e. The first-order valence-electron chi connectivity index (χ1n) is 5.59. The van der Waals surface area contributed by atoms with Crippen LogP contribution in [0.5, 0.6) is 0 Å². The van der Waals surface area contributed by atoms with Gasteiger partial charge in [-0.3, -0.25) is 4.57 Å². The maximum Gasteiger partial charge on any atom is 0.184 e. The second kappa shape index (κ2) is 3.99. The van der Waals surface area contributed by atoms with Crippen molar-refractivity contribution in [2.24, 2.45) is 7.05 Å². The zero-order valence-corrected chi connectivity index (χ0v) is 11.1. The van der Waals surface area contributed by atoms with Gasteiger partial charge < -0.3 is 4.98 Å². The fourth-order valence-corrected chi connectivity index (χ4v) is 2.48. The van der Waals surface area contributed by atoms with Crippen LogP contribution in [-0.4, -0.2) is 19.3 Å². The van der Waals surface area contributed by atoms with Gasteiger partial charge in [-0.15, -0.1) is 0 Å². The first-order valence-corrected chi connectivity index (χ1v) is 6.00. The van der Waals surface area contributed by atoms with Crippen LogP contribution in [0.1, 0.15) is 5.69 Å². The molecule has 0 fully saturated rings. The van der Waals surface area contributed by atoms with E-state index in [-0.39, 0.29) is 5.69 Å². The van der Waals surface area contributed by atoms with Crippen molar-refractivity contribution in [1.82, 2.24) is 19.3 Å². The number of halogens is 2. The maximum absolute atomic E-state index is 13.9. The Balaban J connectivity index is 2.46. The fourth-order valence-electron chi connectivity index (χ4n) is 2.20. The van der Waals surface area contributed by atoms with Crippen LogP contribution in [0.15, 0.2) is 18.2 Å². The Labute approximate surface area is 112 Å². The highest BCUT2D eigenvalue weighted by Crippen LogP contribution is 2.24. The molecule has 0 aliphatic rings. The highest BCUT2D eigenvalue weighted by atomic mass is 32.1. The summed E-state index contributed by atoms with van der Waals surface area (Å²) < 4.78 is 30.6. The van der Waals surface area contributed by atoms with Crippen LogP contribution in [0.4, 0.5) is 8.78 Å². The van der Waals surface area contributed by atoms with Crippen LogP contribution < -0.4 is 0 Å². The van der Waals surface area contributed by atoms with Gasteiger partial charge >= 0.3 is 0 Å². The number of aromatic amines is 1. The van der Waals surface area contributed by atoms with E-state index in [0.717, 1.165) is 17.3 Å². The quantitative estimate of drug-likeness (QED) is 0.696. The van der Waals surface area contributed by atoms with Crippen LogP contribution in [0, 0.1) is 23.3 Å². The zero-order chi connectivity index (χ0) is 13.7. The van der Waals surface area contributed by atoms with E-state index >= 15 is 0 Å². The Morgan fingerprint density at radius 3 is 2.79 bits per heavy atom. The highest BCUT2D eigenvalue weighted by Gasteiger charge is 2.17.